The molecule has 2 amide bonds. The summed E-state index contributed by atoms with van der Waals surface area (Å²) in [5, 5.41) is 5.50. The summed E-state index contributed by atoms with van der Waals surface area (Å²) in [5.74, 6) is -0.633. The number of hydrogen-bond donors (Lipinski definition) is 3. The first-order chi connectivity index (χ1) is 8.40. The van der Waals surface area contributed by atoms with Gasteiger partial charge in [0, 0.05) is 10.9 Å². The van der Waals surface area contributed by atoms with E-state index in [0.29, 0.717) is 15.5 Å². The largest absolute Gasteiger partial charge is 0.352 e. The van der Waals surface area contributed by atoms with Crippen molar-refractivity contribution in [3.8, 4) is 0 Å². The van der Waals surface area contributed by atoms with Crippen LogP contribution >= 0.6 is 24.2 Å². The Balaban J connectivity index is 2.60. The van der Waals surface area contributed by atoms with Crippen LogP contribution in [0.4, 0.5) is 0 Å². The molecule has 0 aliphatic carbocycles. The second kappa shape index (κ2) is 6.66. The van der Waals surface area contributed by atoms with Crippen molar-refractivity contribution in [1.82, 2.24) is 10.6 Å². The zero-order valence-corrected chi connectivity index (χ0v) is 11.8. The molecule has 1 rings (SSSR count). The van der Waals surface area contributed by atoms with E-state index in [9.17, 15) is 9.59 Å². The average Bonchev–Trinajstić information content (AvgIpc) is 2.28. The number of carbonyl (C=O) groups is 2. The van der Waals surface area contributed by atoms with Gasteiger partial charge in [0.1, 0.15) is 0 Å². The van der Waals surface area contributed by atoms with Crippen LogP contribution < -0.4 is 10.6 Å². The molecular formula is C12H15ClN2O2S. The first kappa shape index (κ1) is 14.9. The van der Waals surface area contributed by atoms with Crippen molar-refractivity contribution >= 4 is 36.0 Å². The van der Waals surface area contributed by atoms with Crippen molar-refractivity contribution in [2.24, 2.45) is 0 Å². The summed E-state index contributed by atoms with van der Waals surface area (Å²) in [5.41, 5.74) is 0.307. The molecule has 2 N–H and O–H groups in total. The predicted molar refractivity (Wildman–Crippen MR) is 74.3 cm³/mol. The number of benzene rings is 1. The standard InChI is InChI=1S/C12H15ClN2O2S/c1-7(2)15-11(16)6-14-12(17)9-5-8(18)3-4-10(9)13/h3-5,7,18H,6H2,1-2H3,(H,14,17)(H,15,16). The number of thiol groups is 1. The van der Waals surface area contributed by atoms with Crippen LogP contribution in [0.5, 0.6) is 0 Å². The maximum Gasteiger partial charge on any atom is 0.253 e. The quantitative estimate of drug-likeness (QED) is 0.740. The van der Waals surface area contributed by atoms with Gasteiger partial charge in [-0.15, -0.1) is 12.6 Å². The van der Waals surface area contributed by atoms with Gasteiger partial charge in [-0.25, -0.2) is 0 Å². The lowest BCUT2D eigenvalue weighted by Crippen LogP contribution is -2.39. The van der Waals surface area contributed by atoms with Gasteiger partial charge in [-0.05, 0) is 32.0 Å². The minimum absolute atomic E-state index is 0.0405. The van der Waals surface area contributed by atoms with Gasteiger partial charge in [0.25, 0.3) is 5.91 Å². The highest BCUT2D eigenvalue weighted by Crippen LogP contribution is 2.19. The Morgan fingerprint density at radius 3 is 2.67 bits per heavy atom. The van der Waals surface area contributed by atoms with Gasteiger partial charge < -0.3 is 10.6 Å². The Kier molecular flexibility index (Phi) is 5.50. The Hall–Kier alpha value is -1.20. The third kappa shape index (κ3) is 4.58. The molecule has 6 heteroatoms. The molecule has 0 aliphatic rings. The van der Waals surface area contributed by atoms with E-state index in [1.165, 1.54) is 0 Å². The first-order valence-electron chi connectivity index (χ1n) is 5.46. The van der Waals surface area contributed by atoms with Crippen molar-refractivity contribution in [3.63, 3.8) is 0 Å². The molecule has 0 atom stereocenters. The molecule has 0 aromatic heterocycles. The van der Waals surface area contributed by atoms with Gasteiger partial charge in [0.15, 0.2) is 0 Å². The fraction of sp³-hybridized carbons (Fsp3) is 0.333. The lowest BCUT2D eigenvalue weighted by molar-refractivity contribution is -0.120. The maximum atomic E-state index is 11.8. The van der Waals surface area contributed by atoms with E-state index in [-0.39, 0.29) is 18.5 Å². The summed E-state index contributed by atoms with van der Waals surface area (Å²) >= 11 is 10.0. The predicted octanol–water partition coefficient (Wildman–Crippen LogP) is 1.88. The molecule has 4 nitrogen and oxygen atoms in total. The zero-order valence-electron chi connectivity index (χ0n) is 10.2. The average molecular weight is 287 g/mol. The van der Waals surface area contributed by atoms with Gasteiger partial charge >= 0.3 is 0 Å². The molecule has 0 spiro atoms. The summed E-state index contributed by atoms with van der Waals surface area (Å²) in [6, 6.07) is 4.88. The van der Waals surface area contributed by atoms with Crippen molar-refractivity contribution in [1.29, 1.82) is 0 Å². The number of nitrogens with one attached hydrogen (secondary N) is 2. The Bertz CT molecular complexity index is 463. The smallest absolute Gasteiger partial charge is 0.253 e. The molecule has 0 heterocycles. The van der Waals surface area contributed by atoms with Crippen molar-refractivity contribution in [2.75, 3.05) is 6.54 Å². The Morgan fingerprint density at radius 2 is 2.06 bits per heavy atom. The molecule has 0 aliphatic heterocycles. The molecule has 1 aromatic carbocycles. The van der Waals surface area contributed by atoms with E-state index < -0.39 is 5.91 Å². The summed E-state index contributed by atoms with van der Waals surface area (Å²) in [6.45, 7) is 3.62. The SMILES string of the molecule is CC(C)NC(=O)CNC(=O)c1cc(S)ccc1Cl. The van der Waals surface area contributed by atoms with Crippen LogP contribution in [-0.4, -0.2) is 24.4 Å². The molecule has 18 heavy (non-hydrogen) atoms. The van der Waals surface area contributed by atoms with Gasteiger partial charge in [-0.3, -0.25) is 9.59 Å². The lowest BCUT2D eigenvalue weighted by Gasteiger charge is -2.10. The summed E-state index contributed by atoms with van der Waals surface area (Å²) < 4.78 is 0. The number of amides is 2. The number of carbonyl (C=O) groups excluding carboxylic acids is 2. The van der Waals surface area contributed by atoms with E-state index >= 15 is 0 Å². The highest BCUT2D eigenvalue weighted by molar-refractivity contribution is 7.80. The van der Waals surface area contributed by atoms with Crippen LogP contribution in [-0.2, 0) is 4.79 Å². The van der Waals surface area contributed by atoms with Crippen LogP contribution in [0.1, 0.15) is 24.2 Å². The van der Waals surface area contributed by atoms with E-state index in [1.807, 2.05) is 13.8 Å². The fourth-order valence-corrected chi connectivity index (χ4v) is 1.72. The van der Waals surface area contributed by atoms with Crippen molar-refractivity contribution < 1.29 is 9.59 Å². The third-order valence-corrected chi connectivity index (χ3v) is 2.66. The highest BCUT2D eigenvalue weighted by atomic mass is 35.5. The highest BCUT2D eigenvalue weighted by Gasteiger charge is 2.12. The van der Waals surface area contributed by atoms with Crippen LogP contribution in [0, 0.1) is 0 Å². The van der Waals surface area contributed by atoms with E-state index in [4.69, 9.17) is 11.6 Å². The molecule has 0 radical (unpaired) electrons. The molecule has 1 aromatic rings. The van der Waals surface area contributed by atoms with Crippen LogP contribution in [0.15, 0.2) is 23.1 Å². The molecule has 0 saturated carbocycles. The second-order valence-corrected chi connectivity index (χ2v) is 4.99. The number of rotatable bonds is 4. The Labute approximate surface area is 117 Å². The lowest BCUT2D eigenvalue weighted by atomic mass is 10.2. The summed E-state index contributed by atoms with van der Waals surface area (Å²) in [6.07, 6.45) is 0. The molecule has 0 fully saturated rings. The molecule has 0 saturated heterocycles. The number of halogens is 1. The minimum atomic E-state index is -0.394. The topological polar surface area (TPSA) is 58.2 Å². The molecule has 98 valence electrons. The van der Waals surface area contributed by atoms with Crippen LogP contribution in [0.3, 0.4) is 0 Å². The van der Waals surface area contributed by atoms with Crippen molar-refractivity contribution in [2.45, 2.75) is 24.8 Å². The van der Waals surface area contributed by atoms with Crippen LogP contribution in [0.25, 0.3) is 0 Å². The molecule has 0 bridgehead atoms. The van der Waals surface area contributed by atoms with Gasteiger partial charge in [-0.2, -0.15) is 0 Å². The normalized spacial score (nSPS) is 10.3. The van der Waals surface area contributed by atoms with E-state index in [1.54, 1.807) is 18.2 Å². The minimum Gasteiger partial charge on any atom is -0.352 e. The zero-order chi connectivity index (χ0) is 13.7. The molecule has 0 unspecified atom stereocenters. The maximum absolute atomic E-state index is 11.8. The summed E-state index contributed by atoms with van der Waals surface area (Å²) in [4.78, 5) is 23.8. The third-order valence-electron chi connectivity index (χ3n) is 2.05. The fourth-order valence-electron chi connectivity index (χ4n) is 1.32. The van der Waals surface area contributed by atoms with Gasteiger partial charge in [-0.1, -0.05) is 11.6 Å². The second-order valence-electron chi connectivity index (χ2n) is 4.07. The van der Waals surface area contributed by atoms with Crippen LogP contribution in [0.2, 0.25) is 5.02 Å². The number of hydrogen-bond acceptors (Lipinski definition) is 3. The van der Waals surface area contributed by atoms with E-state index in [0.717, 1.165) is 0 Å². The van der Waals surface area contributed by atoms with E-state index in [2.05, 4.69) is 23.3 Å². The first-order valence-corrected chi connectivity index (χ1v) is 6.28. The molecular weight excluding hydrogens is 272 g/mol. The summed E-state index contributed by atoms with van der Waals surface area (Å²) in [7, 11) is 0. The van der Waals surface area contributed by atoms with Crippen molar-refractivity contribution in [3.05, 3.63) is 28.8 Å². The monoisotopic (exact) mass is 286 g/mol. The Morgan fingerprint density at radius 1 is 1.39 bits per heavy atom. The van der Waals surface area contributed by atoms with Gasteiger partial charge in [0.05, 0.1) is 17.1 Å². The van der Waals surface area contributed by atoms with Gasteiger partial charge in [0.2, 0.25) is 5.91 Å².